The number of hydrogen-bond donors (Lipinski definition) is 1. The molecule has 0 fully saturated rings. The molecule has 7 nitrogen and oxygen atoms in total. The van der Waals surface area contributed by atoms with Gasteiger partial charge >= 0.3 is 0 Å². The van der Waals surface area contributed by atoms with Crippen LogP contribution in [0.4, 0.5) is 5.69 Å². The molecule has 7 heteroatoms. The van der Waals surface area contributed by atoms with E-state index in [0.717, 1.165) is 12.1 Å². The number of nitrogens with zero attached hydrogens (tertiary/aromatic N) is 4. The standard InChI is InChI=1S/C17H17N5O2/c1-2-4-16(23)21-13-5-7-14(8-6-13)24-17-11-15(18-12-19-17)22-10-3-9-20-22/h3,5-12H,2,4H2,1H3,(H,21,23). The van der Waals surface area contributed by atoms with Gasteiger partial charge in [0.15, 0.2) is 5.82 Å². The minimum absolute atomic E-state index is 0.00540. The van der Waals surface area contributed by atoms with Gasteiger partial charge < -0.3 is 10.1 Å². The van der Waals surface area contributed by atoms with Crippen LogP contribution >= 0.6 is 0 Å². The Morgan fingerprint density at radius 3 is 2.79 bits per heavy atom. The summed E-state index contributed by atoms with van der Waals surface area (Å²) in [4.78, 5) is 19.8. The summed E-state index contributed by atoms with van der Waals surface area (Å²) in [7, 11) is 0. The molecule has 1 aromatic carbocycles. The van der Waals surface area contributed by atoms with Gasteiger partial charge in [0.05, 0.1) is 0 Å². The normalized spacial score (nSPS) is 10.4. The fourth-order valence-electron chi connectivity index (χ4n) is 2.09. The number of nitrogens with one attached hydrogen (secondary N) is 1. The van der Waals surface area contributed by atoms with Crippen LogP contribution in [-0.4, -0.2) is 25.7 Å². The highest BCUT2D eigenvalue weighted by Gasteiger charge is 2.05. The maximum Gasteiger partial charge on any atom is 0.224 e. The van der Waals surface area contributed by atoms with Gasteiger partial charge in [0, 0.05) is 30.6 Å². The molecule has 1 amide bonds. The lowest BCUT2D eigenvalue weighted by Crippen LogP contribution is -2.10. The summed E-state index contributed by atoms with van der Waals surface area (Å²) in [5, 5.41) is 6.95. The maximum atomic E-state index is 11.6. The number of carbonyl (C=O) groups is 1. The fourth-order valence-corrected chi connectivity index (χ4v) is 2.09. The molecule has 0 atom stereocenters. The summed E-state index contributed by atoms with van der Waals surface area (Å²) >= 11 is 0. The highest BCUT2D eigenvalue weighted by molar-refractivity contribution is 5.90. The van der Waals surface area contributed by atoms with Crippen molar-refractivity contribution in [2.45, 2.75) is 19.8 Å². The molecule has 1 N–H and O–H groups in total. The Morgan fingerprint density at radius 2 is 2.08 bits per heavy atom. The van der Waals surface area contributed by atoms with Crippen LogP contribution in [0.2, 0.25) is 0 Å². The highest BCUT2D eigenvalue weighted by Crippen LogP contribution is 2.22. The first-order valence-electron chi connectivity index (χ1n) is 7.64. The second-order valence-electron chi connectivity index (χ2n) is 5.09. The summed E-state index contributed by atoms with van der Waals surface area (Å²) in [6.45, 7) is 1.97. The molecule has 0 aliphatic carbocycles. The third-order valence-corrected chi connectivity index (χ3v) is 3.20. The summed E-state index contributed by atoms with van der Waals surface area (Å²) in [5.74, 6) is 1.66. The van der Waals surface area contributed by atoms with Gasteiger partial charge in [-0.15, -0.1) is 0 Å². The molecule has 122 valence electrons. The number of anilines is 1. The third-order valence-electron chi connectivity index (χ3n) is 3.20. The van der Waals surface area contributed by atoms with E-state index in [-0.39, 0.29) is 5.91 Å². The van der Waals surface area contributed by atoms with Crippen LogP contribution in [0, 0.1) is 0 Å². The molecule has 0 radical (unpaired) electrons. The number of rotatable bonds is 6. The van der Waals surface area contributed by atoms with Crippen molar-refractivity contribution in [3.8, 4) is 17.4 Å². The molecule has 0 spiro atoms. The molecule has 0 bridgehead atoms. The van der Waals surface area contributed by atoms with E-state index in [1.54, 1.807) is 47.4 Å². The molecular weight excluding hydrogens is 306 g/mol. The molecule has 3 rings (SSSR count). The van der Waals surface area contributed by atoms with Crippen LogP contribution in [0.25, 0.3) is 5.82 Å². The largest absolute Gasteiger partial charge is 0.439 e. The van der Waals surface area contributed by atoms with Crippen LogP contribution in [0.15, 0.2) is 55.1 Å². The highest BCUT2D eigenvalue weighted by atomic mass is 16.5. The Balaban J connectivity index is 1.68. The van der Waals surface area contributed by atoms with E-state index in [4.69, 9.17) is 4.74 Å². The number of hydrogen-bond acceptors (Lipinski definition) is 5. The summed E-state index contributed by atoms with van der Waals surface area (Å²) in [5.41, 5.74) is 0.737. The van der Waals surface area contributed by atoms with Crippen molar-refractivity contribution in [1.82, 2.24) is 19.7 Å². The molecule has 2 heterocycles. The van der Waals surface area contributed by atoms with E-state index in [2.05, 4.69) is 20.4 Å². The van der Waals surface area contributed by atoms with Crippen molar-refractivity contribution in [3.63, 3.8) is 0 Å². The van der Waals surface area contributed by atoms with Crippen molar-refractivity contribution in [1.29, 1.82) is 0 Å². The van der Waals surface area contributed by atoms with Gasteiger partial charge in [-0.05, 0) is 36.8 Å². The van der Waals surface area contributed by atoms with Gasteiger partial charge in [-0.3, -0.25) is 4.79 Å². The van der Waals surface area contributed by atoms with Crippen molar-refractivity contribution >= 4 is 11.6 Å². The second kappa shape index (κ2) is 7.36. The topological polar surface area (TPSA) is 81.9 Å². The molecule has 0 unspecified atom stereocenters. The van der Waals surface area contributed by atoms with E-state index in [1.165, 1.54) is 6.33 Å². The average Bonchev–Trinajstić information content (AvgIpc) is 3.12. The quantitative estimate of drug-likeness (QED) is 0.753. The fraction of sp³-hybridized carbons (Fsp3) is 0.176. The number of carbonyl (C=O) groups excluding carboxylic acids is 1. The molecule has 0 aliphatic rings. The predicted octanol–water partition coefficient (Wildman–Crippen LogP) is 3.19. The number of benzene rings is 1. The second-order valence-corrected chi connectivity index (χ2v) is 5.09. The smallest absolute Gasteiger partial charge is 0.224 e. The summed E-state index contributed by atoms with van der Waals surface area (Å²) in [6, 6.07) is 10.6. The minimum atomic E-state index is 0.00540. The Hall–Kier alpha value is -3.22. The van der Waals surface area contributed by atoms with Gasteiger partial charge in [0.1, 0.15) is 12.1 Å². The lowest BCUT2D eigenvalue weighted by molar-refractivity contribution is -0.116. The molecule has 0 saturated carbocycles. The Morgan fingerprint density at radius 1 is 1.25 bits per heavy atom. The maximum absolute atomic E-state index is 11.6. The van der Waals surface area contributed by atoms with Crippen LogP contribution < -0.4 is 10.1 Å². The molecule has 2 aromatic heterocycles. The minimum Gasteiger partial charge on any atom is -0.439 e. The van der Waals surface area contributed by atoms with E-state index < -0.39 is 0 Å². The van der Waals surface area contributed by atoms with Crippen molar-refractivity contribution < 1.29 is 9.53 Å². The lowest BCUT2D eigenvalue weighted by Gasteiger charge is -2.08. The first kappa shape index (κ1) is 15.7. The zero-order valence-electron chi connectivity index (χ0n) is 13.2. The van der Waals surface area contributed by atoms with Gasteiger partial charge in [-0.2, -0.15) is 5.10 Å². The van der Waals surface area contributed by atoms with Crippen LogP contribution in [0.1, 0.15) is 19.8 Å². The van der Waals surface area contributed by atoms with E-state index >= 15 is 0 Å². The molecule has 24 heavy (non-hydrogen) atoms. The first-order chi connectivity index (χ1) is 11.7. The van der Waals surface area contributed by atoms with E-state index in [1.807, 2.05) is 13.0 Å². The SMILES string of the molecule is CCCC(=O)Nc1ccc(Oc2cc(-n3cccn3)ncn2)cc1. The van der Waals surface area contributed by atoms with Crippen molar-refractivity contribution in [2.75, 3.05) is 5.32 Å². The van der Waals surface area contributed by atoms with Crippen molar-refractivity contribution in [3.05, 3.63) is 55.1 Å². The summed E-state index contributed by atoms with van der Waals surface area (Å²) in [6.07, 6.45) is 6.22. The van der Waals surface area contributed by atoms with Gasteiger partial charge in [0.2, 0.25) is 11.8 Å². The number of amides is 1. The van der Waals surface area contributed by atoms with Gasteiger partial charge in [-0.25, -0.2) is 14.6 Å². The number of aromatic nitrogens is 4. The average molecular weight is 323 g/mol. The van der Waals surface area contributed by atoms with Crippen LogP contribution in [-0.2, 0) is 4.79 Å². The molecule has 0 aliphatic heterocycles. The molecule has 3 aromatic rings. The zero-order valence-corrected chi connectivity index (χ0v) is 13.2. The molecular formula is C17H17N5O2. The summed E-state index contributed by atoms with van der Waals surface area (Å²) < 4.78 is 7.35. The lowest BCUT2D eigenvalue weighted by atomic mass is 10.2. The zero-order chi connectivity index (χ0) is 16.8. The van der Waals surface area contributed by atoms with E-state index in [9.17, 15) is 4.79 Å². The van der Waals surface area contributed by atoms with Crippen molar-refractivity contribution in [2.24, 2.45) is 0 Å². The Kier molecular flexibility index (Phi) is 4.81. The van der Waals surface area contributed by atoms with Gasteiger partial charge in [-0.1, -0.05) is 6.92 Å². The first-order valence-corrected chi connectivity index (χ1v) is 7.64. The monoisotopic (exact) mass is 323 g/mol. The van der Waals surface area contributed by atoms with Crippen LogP contribution in [0.5, 0.6) is 11.6 Å². The molecule has 0 saturated heterocycles. The van der Waals surface area contributed by atoms with Crippen LogP contribution in [0.3, 0.4) is 0 Å². The number of ether oxygens (including phenoxy) is 1. The Labute approximate surface area is 139 Å². The third kappa shape index (κ3) is 3.95. The van der Waals surface area contributed by atoms with Gasteiger partial charge in [0.25, 0.3) is 0 Å². The predicted molar refractivity (Wildman–Crippen MR) is 89.2 cm³/mol. The Bertz CT molecular complexity index is 800. The van der Waals surface area contributed by atoms with E-state index in [0.29, 0.717) is 23.9 Å².